The first-order chi connectivity index (χ1) is 22.3. The van der Waals surface area contributed by atoms with Gasteiger partial charge in [0, 0.05) is 37.3 Å². The lowest BCUT2D eigenvalue weighted by atomic mass is 9.88. The highest BCUT2D eigenvalue weighted by molar-refractivity contribution is 5.92. The Morgan fingerprint density at radius 3 is 2.37 bits per heavy atom. The second kappa shape index (κ2) is 14.4. The molecule has 0 aliphatic carbocycles. The van der Waals surface area contributed by atoms with Gasteiger partial charge in [0.05, 0.1) is 31.0 Å². The van der Waals surface area contributed by atoms with E-state index in [0.29, 0.717) is 53.2 Å². The number of aromatic hydroxyl groups is 1. The first-order valence-corrected chi connectivity index (χ1v) is 14.8. The van der Waals surface area contributed by atoms with Crippen molar-refractivity contribution in [3.8, 4) is 45.9 Å². The Balaban J connectivity index is 1.36. The number of phenols is 1. The minimum absolute atomic E-state index is 0.0551. The summed E-state index contributed by atoms with van der Waals surface area (Å²) in [7, 11) is 2.81. The van der Waals surface area contributed by atoms with Crippen LogP contribution in [-0.2, 0) is 16.1 Å². The molecule has 4 aromatic carbocycles. The number of hydrogen-bond acceptors (Lipinski definition) is 8. The molecule has 0 atom stereocenters. The van der Waals surface area contributed by atoms with Crippen LogP contribution in [0.15, 0.2) is 78.9 Å². The van der Waals surface area contributed by atoms with Gasteiger partial charge < -0.3 is 24.8 Å². The van der Waals surface area contributed by atoms with E-state index in [1.807, 2.05) is 42.5 Å². The van der Waals surface area contributed by atoms with Crippen molar-refractivity contribution in [2.45, 2.75) is 25.4 Å². The summed E-state index contributed by atoms with van der Waals surface area (Å²) in [6.45, 7) is 2.13. The van der Waals surface area contributed by atoms with E-state index in [0.717, 1.165) is 29.7 Å². The lowest BCUT2D eigenvalue weighted by molar-refractivity contribution is -0.134. The Bertz CT molecular complexity index is 1850. The van der Waals surface area contributed by atoms with Gasteiger partial charge in [0.2, 0.25) is 0 Å². The van der Waals surface area contributed by atoms with Gasteiger partial charge >= 0.3 is 5.97 Å². The Morgan fingerprint density at radius 2 is 1.74 bits per heavy atom. The quantitative estimate of drug-likeness (QED) is 0.160. The molecule has 0 spiro atoms. The standard InChI is InChI=1S/C37H33FN4O4/c1-45-35-13-10-26(20-34(35)43)30-11-12-33(31(22-40)37(30)27-8-9-28(21-39)32(38)19-27)42-17-15-29(16-18-42)41-23-25-5-3-24(4-6-25)7-14-36(44)46-2/h3-14,19-20,29,41,43H,15-18,23H2,1-2H3/b14-7+. The number of nitrogens with one attached hydrogen (secondary N) is 1. The number of anilines is 1. The van der Waals surface area contributed by atoms with Crippen LogP contribution in [0.4, 0.5) is 10.1 Å². The maximum Gasteiger partial charge on any atom is 0.330 e. The first kappa shape index (κ1) is 31.8. The molecular weight excluding hydrogens is 583 g/mol. The topological polar surface area (TPSA) is 119 Å². The number of carbonyl (C=O) groups is 1. The van der Waals surface area contributed by atoms with Crippen molar-refractivity contribution < 1.29 is 23.8 Å². The summed E-state index contributed by atoms with van der Waals surface area (Å²) < 4.78 is 24.7. The van der Waals surface area contributed by atoms with Gasteiger partial charge in [0.1, 0.15) is 18.0 Å². The molecule has 0 saturated carbocycles. The molecule has 1 fully saturated rings. The molecule has 0 radical (unpaired) electrons. The van der Waals surface area contributed by atoms with Crippen molar-refractivity contribution in [1.29, 1.82) is 10.5 Å². The monoisotopic (exact) mass is 616 g/mol. The number of halogens is 1. The minimum Gasteiger partial charge on any atom is -0.504 e. The van der Waals surface area contributed by atoms with Gasteiger partial charge in [0.25, 0.3) is 0 Å². The second-order valence-corrected chi connectivity index (χ2v) is 10.9. The molecule has 232 valence electrons. The molecule has 1 saturated heterocycles. The number of hydrogen-bond donors (Lipinski definition) is 2. The summed E-state index contributed by atoms with van der Waals surface area (Å²) in [5.41, 5.74) is 5.37. The SMILES string of the molecule is COC(=O)/C=C/c1ccc(CNC2CCN(c3ccc(-c4ccc(OC)c(O)c4)c(-c4ccc(C#N)c(F)c4)c3C#N)CC2)cc1. The van der Waals surface area contributed by atoms with Crippen molar-refractivity contribution in [3.63, 3.8) is 0 Å². The van der Waals surface area contributed by atoms with E-state index in [4.69, 9.17) is 4.74 Å². The summed E-state index contributed by atoms with van der Waals surface area (Å²) in [5, 5.41) is 33.9. The highest BCUT2D eigenvalue weighted by Crippen LogP contribution is 2.42. The number of methoxy groups -OCH3 is 2. The fraction of sp³-hybridized carbons (Fsp3) is 0.216. The van der Waals surface area contributed by atoms with Crippen molar-refractivity contribution in [3.05, 3.63) is 107 Å². The van der Waals surface area contributed by atoms with Crippen LogP contribution in [-0.4, -0.2) is 44.4 Å². The van der Waals surface area contributed by atoms with E-state index >= 15 is 0 Å². The highest BCUT2D eigenvalue weighted by Gasteiger charge is 2.25. The molecular formula is C37H33FN4O4. The number of nitriles is 2. The van der Waals surface area contributed by atoms with E-state index in [2.05, 4.69) is 21.0 Å². The molecule has 0 aromatic heterocycles. The lowest BCUT2D eigenvalue weighted by Crippen LogP contribution is -2.42. The fourth-order valence-corrected chi connectivity index (χ4v) is 5.69. The first-order valence-electron chi connectivity index (χ1n) is 14.8. The maximum absolute atomic E-state index is 14.9. The number of nitrogens with zero attached hydrogens (tertiary/aromatic N) is 3. The molecule has 46 heavy (non-hydrogen) atoms. The zero-order valence-corrected chi connectivity index (χ0v) is 25.6. The summed E-state index contributed by atoms with van der Waals surface area (Å²) in [4.78, 5) is 13.5. The number of carbonyl (C=O) groups excluding carboxylic acids is 1. The Hall–Kier alpha value is -5.64. The highest BCUT2D eigenvalue weighted by atomic mass is 19.1. The third-order valence-electron chi connectivity index (χ3n) is 8.19. The number of piperidine rings is 1. The van der Waals surface area contributed by atoms with E-state index in [-0.39, 0.29) is 17.4 Å². The fourth-order valence-electron chi connectivity index (χ4n) is 5.69. The Morgan fingerprint density at radius 1 is 1.00 bits per heavy atom. The van der Waals surface area contributed by atoms with Crippen molar-refractivity contribution >= 4 is 17.7 Å². The van der Waals surface area contributed by atoms with Crippen LogP contribution in [0.1, 0.15) is 35.1 Å². The van der Waals surface area contributed by atoms with Gasteiger partial charge in [-0.3, -0.25) is 0 Å². The summed E-state index contributed by atoms with van der Waals surface area (Å²) in [6.07, 6.45) is 4.83. The van der Waals surface area contributed by atoms with Gasteiger partial charge in [-0.05, 0) is 77.1 Å². The van der Waals surface area contributed by atoms with Gasteiger partial charge in [-0.15, -0.1) is 0 Å². The molecule has 1 heterocycles. The molecule has 5 rings (SSSR count). The smallest absolute Gasteiger partial charge is 0.330 e. The number of esters is 1. The third kappa shape index (κ3) is 7.02. The van der Waals surface area contributed by atoms with Crippen LogP contribution in [0.2, 0.25) is 0 Å². The van der Waals surface area contributed by atoms with Crippen LogP contribution < -0.4 is 15.0 Å². The van der Waals surface area contributed by atoms with Crippen LogP contribution in [0.5, 0.6) is 11.5 Å². The average Bonchev–Trinajstić information content (AvgIpc) is 3.09. The third-order valence-corrected chi connectivity index (χ3v) is 8.19. The van der Waals surface area contributed by atoms with Crippen LogP contribution >= 0.6 is 0 Å². The van der Waals surface area contributed by atoms with Crippen molar-refractivity contribution in [1.82, 2.24) is 5.32 Å². The largest absolute Gasteiger partial charge is 0.504 e. The number of rotatable bonds is 9. The predicted molar refractivity (Wildman–Crippen MR) is 174 cm³/mol. The average molecular weight is 617 g/mol. The van der Waals surface area contributed by atoms with Gasteiger partial charge in [-0.2, -0.15) is 10.5 Å². The minimum atomic E-state index is -0.669. The number of ether oxygens (including phenoxy) is 2. The van der Waals surface area contributed by atoms with Crippen molar-refractivity contribution in [2.24, 2.45) is 0 Å². The van der Waals surface area contributed by atoms with E-state index < -0.39 is 11.8 Å². The van der Waals surface area contributed by atoms with Crippen molar-refractivity contribution in [2.75, 3.05) is 32.2 Å². The summed E-state index contributed by atoms with van der Waals surface area (Å²) >= 11 is 0. The van der Waals surface area contributed by atoms with E-state index in [9.17, 15) is 24.8 Å². The second-order valence-electron chi connectivity index (χ2n) is 10.9. The van der Waals surface area contributed by atoms with E-state index in [1.165, 1.54) is 32.4 Å². The zero-order chi connectivity index (χ0) is 32.6. The molecule has 0 unspecified atom stereocenters. The predicted octanol–water partition coefficient (Wildman–Crippen LogP) is 6.56. The lowest BCUT2D eigenvalue weighted by Gasteiger charge is -2.35. The Kier molecular flexibility index (Phi) is 9.97. The van der Waals surface area contributed by atoms with Gasteiger partial charge in [-0.1, -0.05) is 42.5 Å². The molecule has 0 bridgehead atoms. The summed E-state index contributed by atoms with van der Waals surface area (Å²) in [5.74, 6) is -0.808. The van der Waals surface area contributed by atoms with Gasteiger partial charge in [0.15, 0.2) is 11.5 Å². The summed E-state index contributed by atoms with van der Waals surface area (Å²) in [6, 6.07) is 25.6. The molecule has 1 aliphatic rings. The normalized spacial score (nSPS) is 13.3. The molecule has 2 N–H and O–H groups in total. The molecule has 9 heteroatoms. The van der Waals surface area contributed by atoms with E-state index in [1.54, 1.807) is 30.3 Å². The van der Waals surface area contributed by atoms with Crippen LogP contribution in [0, 0.1) is 28.5 Å². The Labute approximate surface area is 267 Å². The molecule has 8 nitrogen and oxygen atoms in total. The molecule has 0 amide bonds. The zero-order valence-electron chi connectivity index (χ0n) is 25.6. The van der Waals surface area contributed by atoms with Gasteiger partial charge in [-0.25, -0.2) is 9.18 Å². The van der Waals surface area contributed by atoms with Crippen LogP contribution in [0.3, 0.4) is 0 Å². The molecule has 1 aliphatic heterocycles. The maximum atomic E-state index is 14.9. The van der Waals surface area contributed by atoms with Crippen LogP contribution in [0.25, 0.3) is 28.3 Å². The number of phenolic OH excluding ortho intramolecular Hbond substituents is 1. The number of benzene rings is 4. The molecule has 4 aromatic rings.